The minimum absolute atomic E-state index is 0.0513. The number of aromatic nitrogens is 1. The smallest absolute Gasteiger partial charge is 0.240 e. The van der Waals surface area contributed by atoms with Gasteiger partial charge in [-0.2, -0.15) is 5.10 Å². The molecule has 0 saturated heterocycles. The maximum absolute atomic E-state index is 11.8. The first-order valence-corrected chi connectivity index (χ1v) is 7.33. The van der Waals surface area contributed by atoms with Crippen LogP contribution in [0.4, 0.5) is 5.69 Å². The monoisotopic (exact) mass is 326 g/mol. The zero-order valence-electron chi connectivity index (χ0n) is 13.2. The lowest BCUT2D eigenvalue weighted by Crippen LogP contribution is -2.20. The lowest BCUT2D eigenvalue weighted by Gasteiger charge is -2.06. The third kappa shape index (κ3) is 5.88. The van der Waals surface area contributed by atoms with Crippen LogP contribution in [-0.2, 0) is 9.59 Å². The van der Waals surface area contributed by atoms with Crippen molar-refractivity contribution in [1.82, 2.24) is 10.4 Å². The molecule has 0 fully saturated rings. The minimum atomic E-state index is -0.329. The fraction of sp³-hybridized carbons (Fsp3) is 0.176. The van der Waals surface area contributed by atoms with Gasteiger partial charge in [-0.3, -0.25) is 14.6 Å². The van der Waals surface area contributed by atoms with Gasteiger partial charge in [0.25, 0.3) is 0 Å². The molecule has 0 aliphatic rings. The van der Waals surface area contributed by atoms with E-state index in [-0.39, 0.29) is 24.7 Å². The predicted molar refractivity (Wildman–Crippen MR) is 90.8 cm³/mol. The van der Waals surface area contributed by atoms with Crippen molar-refractivity contribution in [3.05, 3.63) is 54.4 Å². The quantitative estimate of drug-likeness (QED) is 0.601. The Kier molecular flexibility index (Phi) is 6.46. The number of rotatable bonds is 7. The molecule has 2 rings (SSSR count). The van der Waals surface area contributed by atoms with Crippen molar-refractivity contribution in [3.63, 3.8) is 0 Å². The molecule has 0 radical (unpaired) electrons. The molecule has 0 aliphatic carbocycles. The summed E-state index contributed by atoms with van der Waals surface area (Å²) in [6.45, 7) is 0. The van der Waals surface area contributed by atoms with Gasteiger partial charge < -0.3 is 10.1 Å². The highest BCUT2D eigenvalue weighted by Crippen LogP contribution is 2.15. The van der Waals surface area contributed by atoms with Crippen molar-refractivity contribution < 1.29 is 14.3 Å². The van der Waals surface area contributed by atoms with Gasteiger partial charge in [-0.05, 0) is 42.0 Å². The average molecular weight is 326 g/mol. The molecule has 1 aromatic heterocycles. The maximum atomic E-state index is 11.8. The SMILES string of the molecule is COc1ccc(NC(=O)CCC(=O)NN=Cc2ccncc2)cc1. The first-order chi connectivity index (χ1) is 11.7. The highest BCUT2D eigenvalue weighted by molar-refractivity contribution is 5.93. The molecular weight excluding hydrogens is 308 g/mol. The van der Waals surface area contributed by atoms with Crippen LogP contribution >= 0.6 is 0 Å². The molecule has 0 aliphatic heterocycles. The topological polar surface area (TPSA) is 92.7 Å². The highest BCUT2D eigenvalue weighted by Gasteiger charge is 2.06. The molecule has 124 valence electrons. The molecule has 0 unspecified atom stereocenters. The van der Waals surface area contributed by atoms with E-state index < -0.39 is 0 Å². The summed E-state index contributed by atoms with van der Waals surface area (Å²) in [5.41, 5.74) is 3.85. The zero-order valence-corrected chi connectivity index (χ0v) is 13.2. The van der Waals surface area contributed by atoms with Crippen molar-refractivity contribution in [2.75, 3.05) is 12.4 Å². The number of nitrogens with zero attached hydrogens (tertiary/aromatic N) is 2. The van der Waals surface area contributed by atoms with Gasteiger partial charge >= 0.3 is 0 Å². The molecule has 2 amide bonds. The first-order valence-electron chi connectivity index (χ1n) is 7.33. The number of hydrogen-bond acceptors (Lipinski definition) is 5. The van der Waals surface area contributed by atoms with Crippen LogP contribution in [0.5, 0.6) is 5.75 Å². The number of methoxy groups -OCH3 is 1. The second-order valence-electron chi connectivity index (χ2n) is 4.85. The molecule has 0 saturated carbocycles. The average Bonchev–Trinajstić information content (AvgIpc) is 2.61. The van der Waals surface area contributed by atoms with E-state index in [9.17, 15) is 9.59 Å². The Morgan fingerprint density at radius 1 is 1.08 bits per heavy atom. The molecule has 7 heteroatoms. The van der Waals surface area contributed by atoms with E-state index in [1.807, 2.05) is 0 Å². The van der Waals surface area contributed by atoms with E-state index in [1.165, 1.54) is 6.21 Å². The van der Waals surface area contributed by atoms with Gasteiger partial charge in [0.2, 0.25) is 11.8 Å². The fourth-order valence-electron chi connectivity index (χ4n) is 1.81. The van der Waals surface area contributed by atoms with Gasteiger partial charge in [-0.1, -0.05) is 0 Å². The van der Waals surface area contributed by atoms with Crippen LogP contribution in [0.25, 0.3) is 0 Å². The summed E-state index contributed by atoms with van der Waals surface area (Å²) in [7, 11) is 1.57. The van der Waals surface area contributed by atoms with Gasteiger partial charge in [0.15, 0.2) is 0 Å². The summed E-state index contributed by atoms with van der Waals surface area (Å²) in [5.74, 6) is 0.137. The van der Waals surface area contributed by atoms with Crippen LogP contribution in [0.1, 0.15) is 18.4 Å². The standard InChI is InChI=1S/C17H18N4O3/c1-24-15-4-2-14(3-5-15)20-16(22)6-7-17(23)21-19-12-13-8-10-18-11-9-13/h2-5,8-12H,6-7H2,1H3,(H,20,22)(H,21,23). The number of pyridine rings is 1. The summed E-state index contributed by atoms with van der Waals surface area (Å²) >= 11 is 0. The van der Waals surface area contributed by atoms with Crippen LogP contribution in [0.15, 0.2) is 53.9 Å². The number of nitrogens with one attached hydrogen (secondary N) is 2. The Labute approximate surface area is 139 Å². The van der Waals surface area contributed by atoms with Crippen molar-refractivity contribution >= 4 is 23.7 Å². The van der Waals surface area contributed by atoms with Crippen LogP contribution in [0, 0.1) is 0 Å². The van der Waals surface area contributed by atoms with Gasteiger partial charge in [0.05, 0.1) is 13.3 Å². The van der Waals surface area contributed by atoms with E-state index in [2.05, 4.69) is 20.8 Å². The number of carbonyl (C=O) groups excluding carboxylic acids is 2. The number of benzene rings is 1. The number of hydrogen-bond donors (Lipinski definition) is 2. The number of amides is 2. The number of hydrazone groups is 1. The van der Waals surface area contributed by atoms with E-state index in [4.69, 9.17) is 4.74 Å². The van der Waals surface area contributed by atoms with E-state index in [0.29, 0.717) is 11.4 Å². The number of anilines is 1. The maximum Gasteiger partial charge on any atom is 0.240 e. The predicted octanol–water partition coefficient (Wildman–Crippen LogP) is 1.96. The van der Waals surface area contributed by atoms with Crippen molar-refractivity contribution in [1.29, 1.82) is 0 Å². The van der Waals surface area contributed by atoms with E-state index in [1.54, 1.807) is 55.9 Å². The van der Waals surface area contributed by atoms with Gasteiger partial charge in [-0.25, -0.2) is 5.43 Å². The summed E-state index contributed by atoms with van der Waals surface area (Å²) in [6, 6.07) is 10.5. The molecule has 1 aromatic carbocycles. The normalized spacial score (nSPS) is 10.4. The second kappa shape index (κ2) is 9.04. The summed E-state index contributed by atoms with van der Waals surface area (Å²) in [4.78, 5) is 27.3. The number of ether oxygens (including phenoxy) is 1. The first kappa shape index (κ1) is 17.1. The lowest BCUT2D eigenvalue weighted by molar-refractivity contribution is -0.124. The molecule has 2 N–H and O–H groups in total. The zero-order chi connectivity index (χ0) is 17.2. The van der Waals surface area contributed by atoms with Crippen molar-refractivity contribution in [2.24, 2.45) is 5.10 Å². The molecule has 0 bridgehead atoms. The van der Waals surface area contributed by atoms with Gasteiger partial charge in [-0.15, -0.1) is 0 Å². The van der Waals surface area contributed by atoms with Crippen LogP contribution in [0.2, 0.25) is 0 Å². The largest absolute Gasteiger partial charge is 0.497 e. The van der Waals surface area contributed by atoms with Crippen molar-refractivity contribution in [2.45, 2.75) is 12.8 Å². The van der Waals surface area contributed by atoms with E-state index in [0.717, 1.165) is 5.56 Å². The molecule has 2 aromatic rings. The molecule has 24 heavy (non-hydrogen) atoms. The second-order valence-corrected chi connectivity index (χ2v) is 4.85. The molecule has 0 spiro atoms. The Hall–Kier alpha value is -3.22. The summed E-state index contributed by atoms with van der Waals surface area (Å²) in [6.07, 6.45) is 4.90. The third-order valence-corrected chi connectivity index (χ3v) is 3.06. The Bertz CT molecular complexity index is 700. The van der Waals surface area contributed by atoms with Gasteiger partial charge in [0, 0.05) is 30.9 Å². The molecule has 1 heterocycles. The Balaban J connectivity index is 1.70. The Morgan fingerprint density at radius 2 is 1.75 bits per heavy atom. The van der Waals surface area contributed by atoms with Crippen molar-refractivity contribution in [3.8, 4) is 5.75 Å². The lowest BCUT2D eigenvalue weighted by atomic mass is 10.2. The Morgan fingerprint density at radius 3 is 2.42 bits per heavy atom. The summed E-state index contributed by atoms with van der Waals surface area (Å²) in [5, 5.41) is 6.54. The van der Waals surface area contributed by atoms with Gasteiger partial charge in [0.1, 0.15) is 5.75 Å². The molecule has 0 atom stereocenters. The van der Waals surface area contributed by atoms with Crippen LogP contribution < -0.4 is 15.5 Å². The summed E-state index contributed by atoms with van der Waals surface area (Å²) < 4.78 is 5.04. The van der Waals surface area contributed by atoms with Crippen LogP contribution in [0.3, 0.4) is 0 Å². The number of carbonyl (C=O) groups is 2. The molecular formula is C17H18N4O3. The van der Waals surface area contributed by atoms with Crippen LogP contribution in [-0.4, -0.2) is 30.1 Å². The third-order valence-electron chi connectivity index (χ3n) is 3.06. The fourth-order valence-corrected chi connectivity index (χ4v) is 1.81. The molecule has 7 nitrogen and oxygen atoms in total. The minimum Gasteiger partial charge on any atom is -0.497 e. The highest BCUT2D eigenvalue weighted by atomic mass is 16.5. The van der Waals surface area contributed by atoms with E-state index >= 15 is 0 Å².